The quantitative estimate of drug-likeness (QED) is 0.802. The highest BCUT2D eigenvalue weighted by Gasteiger charge is 2.34. The zero-order chi connectivity index (χ0) is 18.1. The minimum absolute atomic E-state index is 0.0389. The number of rotatable bonds is 6. The van der Waals surface area contributed by atoms with E-state index in [0.717, 1.165) is 36.7 Å². The number of aryl methyl sites for hydroxylation is 2. The highest BCUT2D eigenvalue weighted by atomic mass is 16.5. The lowest BCUT2D eigenvalue weighted by atomic mass is 9.99. The molecule has 0 N–H and O–H groups in total. The Morgan fingerprint density at radius 3 is 2.73 bits per heavy atom. The van der Waals surface area contributed by atoms with Crippen LogP contribution in [-0.4, -0.2) is 40.3 Å². The SMILES string of the molecule is Cc1ccc(CC(=O)N2CCc3cnn(C)c3[C@H]2COCC2CC2)cc1. The Morgan fingerprint density at radius 1 is 1.23 bits per heavy atom. The Labute approximate surface area is 154 Å². The summed E-state index contributed by atoms with van der Waals surface area (Å²) in [5, 5.41) is 4.41. The fourth-order valence-corrected chi connectivity index (χ4v) is 3.74. The molecular formula is C21H27N3O2. The summed E-state index contributed by atoms with van der Waals surface area (Å²) in [5.41, 5.74) is 4.65. The van der Waals surface area contributed by atoms with Gasteiger partial charge in [0, 0.05) is 20.2 Å². The van der Waals surface area contributed by atoms with Crippen LogP contribution in [-0.2, 0) is 29.4 Å². The van der Waals surface area contributed by atoms with Crippen LogP contribution in [0.15, 0.2) is 30.5 Å². The van der Waals surface area contributed by atoms with Crippen molar-refractivity contribution in [3.05, 3.63) is 52.8 Å². The van der Waals surface area contributed by atoms with Crippen molar-refractivity contribution in [2.24, 2.45) is 13.0 Å². The van der Waals surface area contributed by atoms with Crippen molar-refractivity contribution in [3.63, 3.8) is 0 Å². The van der Waals surface area contributed by atoms with Crippen molar-refractivity contribution in [1.82, 2.24) is 14.7 Å². The van der Waals surface area contributed by atoms with Crippen molar-refractivity contribution in [1.29, 1.82) is 0 Å². The Morgan fingerprint density at radius 2 is 2.00 bits per heavy atom. The molecule has 0 unspecified atom stereocenters. The average molecular weight is 353 g/mol. The van der Waals surface area contributed by atoms with E-state index in [0.29, 0.717) is 13.0 Å². The number of nitrogens with zero attached hydrogens (tertiary/aromatic N) is 3. The maximum Gasteiger partial charge on any atom is 0.227 e. The molecule has 0 saturated heterocycles. The van der Waals surface area contributed by atoms with Gasteiger partial charge in [0.2, 0.25) is 5.91 Å². The van der Waals surface area contributed by atoms with Gasteiger partial charge in [-0.05, 0) is 43.2 Å². The first-order valence-electron chi connectivity index (χ1n) is 9.55. The van der Waals surface area contributed by atoms with Gasteiger partial charge in [0.05, 0.1) is 31.0 Å². The molecule has 26 heavy (non-hydrogen) atoms. The maximum atomic E-state index is 13.1. The number of aromatic nitrogens is 2. The largest absolute Gasteiger partial charge is 0.379 e. The Balaban J connectivity index is 1.51. The van der Waals surface area contributed by atoms with Gasteiger partial charge in [0.15, 0.2) is 0 Å². The van der Waals surface area contributed by atoms with Crippen LogP contribution >= 0.6 is 0 Å². The number of carbonyl (C=O) groups is 1. The van der Waals surface area contributed by atoms with Crippen molar-refractivity contribution >= 4 is 5.91 Å². The highest BCUT2D eigenvalue weighted by molar-refractivity contribution is 5.79. The molecule has 0 radical (unpaired) electrons. The van der Waals surface area contributed by atoms with Gasteiger partial charge in [0.25, 0.3) is 0 Å². The summed E-state index contributed by atoms with van der Waals surface area (Å²) in [6.07, 6.45) is 5.79. The predicted molar refractivity (Wildman–Crippen MR) is 99.8 cm³/mol. The maximum absolute atomic E-state index is 13.1. The summed E-state index contributed by atoms with van der Waals surface area (Å²) in [5.74, 6) is 0.891. The van der Waals surface area contributed by atoms with E-state index in [2.05, 4.69) is 24.2 Å². The standard InChI is InChI=1S/C21H27N3O2/c1-15-3-5-16(6-4-15)11-20(25)24-10-9-18-12-22-23(2)21(18)19(24)14-26-13-17-7-8-17/h3-6,12,17,19H,7-11,13-14H2,1-2H3/t19-/m1/s1. The minimum Gasteiger partial charge on any atom is -0.379 e. The molecule has 1 amide bonds. The molecular weight excluding hydrogens is 326 g/mol. The summed E-state index contributed by atoms with van der Waals surface area (Å²) in [6.45, 7) is 4.17. The molecule has 138 valence electrons. The van der Waals surface area contributed by atoms with Gasteiger partial charge in [-0.25, -0.2) is 0 Å². The average Bonchev–Trinajstić information content (AvgIpc) is 3.38. The van der Waals surface area contributed by atoms with Crippen LogP contribution in [0.3, 0.4) is 0 Å². The molecule has 1 atom stereocenters. The van der Waals surface area contributed by atoms with Gasteiger partial charge < -0.3 is 9.64 Å². The van der Waals surface area contributed by atoms with Crippen LogP contribution in [0, 0.1) is 12.8 Å². The van der Waals surface area contributed by atoms with Gasteiger partial charge in [-0.3, -0.25) is 9.48 Å². The second-order valence-electron chi connectivity index (χ2n) is 7.67. The first-order valence-corrected chi connectivity index (χ1v) is 9.55. The van der Waals surface area contributed by atoms with Crippen molar-refractivity contribution in [3.8, 4) is 0 Å². The molecule has 5 nitrogen and oxygen atoms in total. The molecule has 4 rings (SSSR count). The molecule has 1 aliphatic heterocycles. The summed E-state index contributed by atoms with van der Waals surface area (Å²) in [4.78, 5) is 15.1. The van der Waals surface area contributed by atoms with Crippen molar-refractivity contribution in [2.75, 3.05) is 19.8 Å². The van der Waals surface area contributed by atoms with Crippen LogP contribution in [0.1, 0.15) is 41.3 Å². The van der Waals surface area contributed by atoms with Crippen molar-refractivity contribution < 1.29 is 9.53 Å². The Bertz CT molecular complexity index is 777. The summed E-state index contributed by atoms with van der Waals surface area (Å²) < 4.78 is 7.90. The van der Waals surface area contributed by atoms with Crippen LogP contribution in [0.4, 0.5) is 0 Å². The number of carbonyl (C=O) groups excluding carboxylic acids is 1. The summed E-state index contributed by atoms with van der Waals surface area (Å²) >= 11 is 0. The molecule has 0 spiro atoms. The molecule has 1 aromatic carbocycles. The van der Waals surface area contributed by atoms with Crippen LogP contribution in [0.25, 0.3) is 0 Å². The van der Waals surface area contributed by atoms with E-state index < -0.39 is 0 Å². The smallest absolute Gasteiger partial charge is 0.227 e. The third-order valence-corrected chi connectivity index (χ3v) is 5.50. The lowest BCUT2D eigenvalue weighted by Crippen LogP contribution is -2.43. The van der Waals surface area contributed by atoms with E-state index in [9.17, 15) is 4.79 Å². The van der Waals surface area contributed by atoms with Crippen LogP contribution < -0.4 is 0 Å². The molecule has 0 bridgehead atoms. The van der Waals surface area contributed by atoms with Gasteiger partial charge in [-0.2, -0.15) is 5.10 Å². The van der Waals surface area contributed by atoms with Gasteiger partial charge in [-0.1, -0.05) is 29.8 Å². The van der Waals surface area contributed by atoms with E-state index >= 15 is 0 Å². The number of benzene rings is 1. The van der Waals surface area contributed by atoms with Crippen LogP contribution in [0.2, 0.25) is 0 Å². The highest BCUT2D eigenvalue weighted by Crippen LogP contribution is 2.32. The van der Waals surface area contributed by atoms with Crippen molar-refractivity contribution in [2.45, 2.75) is 38.6 Å². The monoisotopic (exact) mass is 353 g/mol. The van der Waals surface area contributed by atoms with E-state index in [1.165, 1.54) is 24.0 Å². The normalized spacial score (nSPS) is 19.5. The number of amides is 1. The molecule has 2 aliphatic rings. The van der Waals surface area contributed by atoms with Gasteiger partial charge >= 0.3 is 0 Å². The fourth-order valence-electron chi connectivity index (χ4n) is 3.74. The lowest BCUT2D eigenvalue weighted by Gasteiger charge is -2.36. The van der Waals surface area contributed by atoms with Gasteiger partial charge in [0.1, 0.15) is 0 Å². The fraction of sp³-hybridized carbons (Fsp3) is 0.524. The molecule has 1 saturated carbocycles. The van der Waals surface area contributed by atoms with Crippen LogP contribution in [0.5, 0.6) is 0 Å². The molecule has 2 heterocycles. The van der Waals surface area contributed by atoms with E-state index in [1.54, 1.807) is 0 Å². The molecule has 1 aromatic heterocycles. The molecule has 1 aliphatic carbocycles. The van der Waals surface area contributed by atoms with E-state index in [-0.39, 0.29) is 11.9 Å². The third-order valence-electron chi connectivity index (χ3n) is 5.50. The summed E-state index contributed by atoms with van der Waals surface area (Å²) in [7, 11) is 1.96. The first kappa shape index (κ1) is 17.3. The first-order chi connectivity index (χ1) is 12.6. The molecule has 2 aromatic rings. The predicted octanol–water partition coefficient (Wildman–Crippen LogP) is 2.82. The third kappa shape index (κ3) is 3.68. The Kier molecular flexibility index (Phi) is 4.81. The second-order valence-corrected chi connectivity index (χ2v) is 7.67. The molecule has 5 heteroatoms. The zero-order valence-electron chi connectivity index (χ0n) is 15.6. The van der Waals surface area contributed by atoms with Gasteiger partial charge in [-0.15, -0.1) is 0 Å². The topological polar surface area (TPSA) is 47.4 Å². The summed E-state index contributed by atoms with van der Waals surface area (Å²) in [6, 6.07) is 8.18. The van der Waals surface area contributed by atoms with E-state index in [4.69, 9.17) is 4.74 Å². The minimum atomic E-state index is -0.0389. The van der Waals surface area contributed by atoms with E-state index in [1.807, 2.05) is 35.0 Å². The molecule has 1 fully saturated rings. The number of fused-ring (bicyclic) bond motifs is 1. The number of hydrogen-bond acceptors (Lipinski definition) is 3. The number of ether oxygens (including phenoxy) is 1. The Hall–Kier alpha value is -2.14. The number of hydrogen-bond donors (Lipinski definition) is 0. The zero-order valence-corrected chi connectivity index (χ0v) is 15.6. The second kappa shape index (κ2) is 7.23. The lowest BCUT2D eigenvalue weighted by molar-refractivity contribution is -0.135.